The number of carbonyl (C=O) groups is 2. The predicted molar refractivity (Wildman–Crippen MR) is 141 cm³/mol. The molecule has 0 bridgehead atoms. The molecule has 5 aliphatic rings. The summed E-state index contributed by atoms with van der Waals surface area (Å²) in [4.78, 5) is 24.0. The number of hydrogen-bond acceptors (Lipinski definition) is 3. The fourth-order valence-electron chi connectivity index (χ4n) is 10.8. The Morgan fingerprint density at radius 1 is 0.829 bits per heavy atom. The number of esters is 1. The smallest absolute Gasteiger partial charge is 0.302 e. The number of rotatable bonds is 2. The first kappa shape index (κ1) is 25.5. The van der Waals surface area contributed by atoms with Gasteiger partial charge in [0.05, 0.1) is 0 Å². The van der Waals surface area contributed by atoms with Crippen LogP contribution in [0.15, 0.2) is 11.1 Å². The highest BCUT2D eigenvalue weighted by Gasteiger charge is 2.66. The molecule has 8 atom stereocenters. The molecule has 0 unspecified atom stereocenters. The Morgan fingerprint density at radius 2 is 1.51 bits per heavy atom. The van der Waals surface area contributed by atoms with Crippen LogP contribution in [0.25, 0.3) is 0 Å². The Labute approximate surface area is 214 Å². The third-order valence-electron chi connectivity index (χ3n) is 13.3. The zero-order valence-corrected chi connectivity index (χ0v) is 23.8. The zero-order chi connectivity index (χ0) is 25.7. The molecule has 196 valence electrons. The number of carbonyl (C=O) groups excluding carboxylic acids is 2. The topological polar surface area (TPSA) is 43.4 Å². The van der Waals surface area contributed by atoms with E-state index < -0.39 is 0 Å². The summed E-state index contributed by atoms with van der Waals surface area (Å²) in [5, 5.41) is 0. The molecule has 0 amide bonds. The Kier molecular flexibility index (Phi) is 5.62. The number of allylic oxidation sites excluding steroid dienone is 2. The van der Waals surface area contributed by atoms with Gasteiger partial charge in [-0.3, -0.25) is 4.79 Å². The summed E-state index contributed by atoms with van der Waals surface area (Å²) in [5.41, 5.74) is 4.51. The number of aldehydes is 1. The van der Waals surface area contributed by atoms with Crippen LogP contribution < -0.4 is 0 Å². The molecule has 3 heteroatoms. The summed E-state index contributed by atoms with van der Waals surface area (Å²) in [6.45, 7) is 18.8. The van der Waals surface area contributed by atoms with Crippen LogP contribution in [-0.2, 0) is 14.3 Å². The number of fused-ring (bicyclic) bond motifs is 6. The average molecular weight is 483 g/mol. The molecule has 5 aliphatic carbocycles. The van der Waals surface area contributed by atoms with Crippen molar-refractivity contribution in [2.45, 2.75) is 132 Å². The van der Waals surface area contributed by atoms with E-state index in [4.69, 9.17) is 4.74 Å². The Morgan fingerprint density at radius 3 is 2.17 bits per heavy atom. The molecule has 3 fully saturated rings. The van der Waals surface area contributed by atoms with E-state index in [1.165, 1.54) is 51.2 Å². The van der Waals surface area contributed by atoms with Gasteiger partial charge in [0.25, 0.3) is 0 Å². The summed E-state index contributed by atoms with van der Waals surface area (Å²) in [7, 11) is 0. The highest BCUT2D eigenvalue weighted by Crippen LogP contribution is 2.75. The summed E-state index contributed by atoms with van der Waals surface area (Å²) in [6.07, 6.45) is 14.2. The van der Waals surface area contributed by atoms with Crippen LogP contribution in [-0.4, -0.2) is 18.4 Å². The van der Waals surface area contributed by atoms with E-state index in [9.17, 15) is 9.59 Å². The van der Waals surface area contributed by atoms with Crippen LogP contribution in [0, 0.1) is 44.3 Å². The second kappa shape index (κ2) is 7.70. The van der Waals surface area contributed by atoms with Gasteiger partial charge in [0.2, 0.25) is 0 Å². The first-order valence-corrected chi connectivity index (χ1v) is 14.5. The van der Waals surface area contributed by atoms with Crippen molar-refractivity contribution in [3.8, 4) is 0 Å². The summed E-state index contributed by atoms with van der Waals surface area (Å²) < 4.78 is 5.88. The lowest BCUT2D eigenvalue weighted by atomic mass is 9.35. The third kappa shape index (κ3) is 3.34. The molecule has 3 saturated carbocycles. The van der Waals surface area contributed by atoms with Crippen LogP contribution in [0.1, 0.15) is 126 Å². The second-order valence-electron chi connectivity index (χ2n) is 15.4. The lowest BCUT2D eigenvalue weighted by Crippen LogP contribution is -2.61. The second-order valence-corrected chi connectivity index (χ2v) is 15.4. The molecule has 5 rings (SSSR count). The van der Waals surface area contributed by atoms with Crippen molar-refractivity contribution in [1.29, 1.82) is 0 Å². The van der Waals surface area contributed by atoms with Crippen molar-refractivity contribution in [3.05, 3.63) is 11.1 Å². The molecule has 0 aromatic rings. The Hall–Kier alpha value is -1.12. The van der Waals surface area contributed by atoms with E-state index in [0.717, 1.165) is 25.7 Å². The standard InChI is InChI=1S/C32H50O3/c1-21(34)35-26-12-13-30(6)22-11-14-32(8)25-19-28(4,20-33)15-16-29(25,5)17-18-31(32,7)23(22)9-10-24(30)27(26,2)3/h20,24-26H,9-19H2,1-8H3/t24-,25+,26-,28+,29+,30+,31+,32-/m0/s1. The Balaban J connectivity index is 1.54. The SMILES string of the molecule is CC(=O)O[C@H]1CC[C@]2(C)C3=C(CC[C@H]2C1(C)C)[C@@]1(C)CC[C@@]2(C)CC[C@@](C)(C=O)C[C@H]2[C@]1(C)CC3. The van der Waals surface area contributed by atoms with Gasteiger partial charge in [-0.15, -0.1) is 0 Å². The molecule has 0 N–H and O–H groups in total. The van der Waals surface area contributed by atoms with Crippen LogP contribution in [0.3, 0.4) is 0 Å². The van der Waals surface area contributed by atoms with Crippen LogP contribution in [0.5, 0.6) is 0 Å². The van der Waals surface area contributed by atoms with Crippen LogP contribution >= 0.6 is 0 Å². The van der Waals surface area contributed by atoms with Crippen molar-refractivity contribution in [2.75, 3.05) is 0 Å². The van der Waals surface area contributed by atoms with E-state index in [1.807, 2.05) is 0 Å². The summed E-state index contributed by atoms with van der Waals surface area (Å²) in [5.74, 6) is 1.04. The van der Waals surface area contributed by atoms with Gasteiger partial charge < -0.3 is 9.53 Å². The van der Waals surface area contributed by atoms with Gasteiger partial charge >= 0.3 is 5.97 Å². The van der Waals surface area contributed by atoms with E-state index in [1.54, 1.807) is 18.1 Å². The van der Waals surface area contributed by atoms with Crippen molar-refractivity contribution in [3.63, 3.8) is 0 Å². The maximum absolute atomic E-state index is 12.1. The van der Waals surface area contributed by atoms with Gasteiger partial charge in [0.15, 0.2) is 0 Å². The zero-order valence-electron chi connectivity index (χ0n) is 23.8. The molecule has 0 spiro atoms. The number of hydrogen-bond donors (Lipinski definition) is 0. The molecular formula is C32H50O3. The first-order chi connectivity index (χ1) is 16.2. The van der Waals surface area contributed by atoms with E-state index in [2.05, 4.69) is 48.5 Å². The first-order valence-electron chi connectivity index (χ1n) is 14.5. The monoisotopic (exact) mass is 482 g/mol. The highest BCUT2D eigenvalue weighted by atomic mass is 16.5. The molecule has 0 heterocycles. The number of ether oxygens (including phenoxy) is 1. The van der Waals surface area contributed by atoms with Crippen molar-refractivity contribution >= 4 is 12.3 Å². The molecule has 0 saturated heterocycles. The van der Waals surface area contributed by atoms with Crippen molar-refractivity contribution in [1.82, 2.24) is 0 Å². The fourth-order valence-corrected chi connectivity index (χ4v) is 10.8. The summed E-state index contributed by atoms with van der Waals surface area (Å²) in [6, 6.07) is 0. The maximum Gasteiger partial charge on any atom is 0.302 e. The van der Waals surface area contributed by atoms with E-state index >= 15 is 0 Å². The van der Waals surface area contributed by atoms with Crippen molar-refractivity contribution < 1.29 is 14.3 Å². The van der Waals surface area contributed by atoms with E-state index in [0.29, 0.717) is 17.3 Å². The van der Waals surface area contributed by atoms with Gasteiger partial charge in [-0.05, 0) is 104 Å². The minimum Gasteiger partial charge on any atom is -0.462 e. The predicted octanol–water partition coefficient (Wildman–Crippen LogP) is 8.06. The van der Waals surface area contributed by atoms with Gasteiger partial charge in [0.1, 0.15) is 12.4 Å². The van der Waals surface area contributed by atoms with E-state index in [-0.39, 0.29) is 39.1 Å². The highest BCUT2D eigenvalue weighted by molar-refractivity contribution is 5.66. The molecule has 3 nitrogen and oxygen atoms in total. The molecule has 0 aromatic heterocycles. The average Bonchev–Trinajstić information content (AvgIpc) is 2.78. The molecule has 0 aliphatic heterocycles. The maximum atomic E-state index is 12.1. The lowest BCUT2D eigenvalue weighted by molar-refractivity contribution is -0.171. The molecular weight excluding hydrogens is 432 g/mol. The summed E-state index contributed by atoms with van der Waals surface area (Å²) >= 11 is 0. The van der Waals surface area contributed by atoms with Gasteiger partial charge in [0, 0.05) is 17.8 Å². The van der Waals surface area contributed by atoms with Gasteiger partial charge in [-0.25, -0.2) is 0 Å². The van der Waals surface area contributed by atoms with Crippen LogP contribution in [0.4, 0.5) is 0 Å². The third-order valence-corrected chi connectivity index (χ3v) is 13.3. The van der Waals surface area contributed by atoms with Crippen LogP contribution in [0.2, 0.25) is 0 Å². The molecule has 35 heavy (non-hydrogen) atoms. The Bertz CT molecular complexity index is 962. The van der Waals surface area contributed by atoms with Crippen molar-refractivity contribution in [2.24, 2.45) is 44.3 Å². The largest absolute Gasteiger partial charge is 0.462 e. The molecule has 0 radical (unpaired) electrons. The minimum absolute atomic E-state index is 0.000857. The minimum atomic E-state index is -0.150. The van der Waals surface area contributed by atoms with Gasteiger partial charge in [-0.1, -0.05) is 59.6 Å². The fraction of sp³-hybridized carbons (Fsp3) is 0.875. The van der Waals surface area contributed by atoms with Gasteiger partial charge in [-0.2, -0.15) is 0 Å². The quantitative estimate of drug-likeness (QED) is 0.227. The molecule has 0 aromatic carbocycles. The normalized spacial score (nSPS) is 50.8. The lowest BCUT2D eigenvalue weighted by Gasteiger charge is -2.69.